The molecule has 3 rings (SSSR count). The van der Waals surface area contributed by atoms with Gasteiger partial charge in [-0.15, -0.1) is 10.2 Å². The van der Waals surface area contributed by atoms with Crippen molar-refractivity contribution in [1.29, 1.82) is 0 Å². The highest BCUT2D eigenvalue weighted by Crippen LogP contribution is 2.20. The zero-order valence-corrected chi connectivity index (χ0v) is 14.2. The molecule has 2 aromatic carbocycles. The molecule has 0 saturated carbocycles. The van der Waals surface area contributed by atoms with E-state index in [0.29, 0.717) is 12.3 Å². The summed E-state index contributed by atoms with van der Waals surface area (Å²) < 4.78 is 5.00. The van der Waals surface area contributed by atoms with Crippen LogP contribution in [0.4, 0.5) is 5.69 Å². The van der Waals surface area contributed by atoms with Crippen molar-refractivity contribution in [3.63, 3.8) is 0 Å². The molecule has 0 spiro atoms. The van der Waals surface area contributed by atoms with Gasteiger partial charge in [0, 0.05) is 17.3 Å². The van der Waals surface area contributed by atoms with Crippen molar-refractivity contribution < 1.29 is 9.53 Å². The summed E-state index contributed by atoms with van der Waals surface area (Å²) in [5, 5.41) is 11.0. The summed E-state index contributed by atoms with van der Waals surface area (Å²) in [6.45, 7) is 2.01. The van der Waals surface area contributed by atoms with Crippen molar-refractivity contribution in [2.24, 2.45) is 0 Å². The Bertz CT molecular complexity index is 859. The van der Waals surface area contributed by atoms with Crippen molar-refractivity contribution in [2.75, 3.05) is 12.4 Å². The first-order valence-corrected chi connectivity index (χ1v) is 7.98. The van der Waals surface area contributed by atoms with E-state index in [4.69, 9.17) is 4.74 Å². The van der Waals surface area contributed by atoms with Gasteiger partial charge in [-0.2, -0.15) is 0 Å². The molecule has 1 amide bonds. The molecule has 25 heavy (non-hydrogen) atoms. The van der Waals surface area contributed by atoms with Crippen LogP contribution in [-0.4, -0.2) is 23.2 Å². The van der Waals surface area contributed by atoms with E-state index in [0.717, 1.165) is 28.1 Å². The second-order valence-corrected chi connectivity index (χ2v) is 5.69. The number of aromatic nitrogens is 2. The number of nitrogens with one attached hydrogen (secondary N) is 1. The van der Waals surface area contributed by atoms with Gasteiger partial charge in [-0.25, -0.2) is 0 Å². The predicted molar refractivity (Wildman–Crippen MR) is 97.5 cm³/mol. The Balaban J connectivity index is 1.65. The molecule has 1 aromatic heterocycles. The maximum Gasteiger partial charge on any atom is 0.233 e. The van der Waals surface area contributed by atoms with E-state index in [1.54, 1.807) is 13.2 Å². The fourth-order valence-electron chi connectivity index (χ4n) is 2.49. The molecule has 0 saturated heterocycles. The summed E-state index contributed by atoms with van der Waals surface area (Å²) in [6, 6.07) is 19.0. The van der Waals surface area contributed by atoms with Gasteiger partial charge in [-0.05, 0) is 36.2 Å². The van der Waals surface area contributed by atoms with Gasteiger partial charge in [0.1, 0.15) is 0 Å². The van der Waals surface area contributed by atoms with Crippen LogP contribution < -0.4 is 10.1 Å². The van der Waals surface area contributed by atoms with E-state index in [2.05, 4.69) is 15.5 Å². The molecule has 1 N–H and O–H groups in total. The molecule has 0 aliphatic heterocycles. The van der Waals surface area contributed by atoms with Gasteiger partial charge in [-0.3, -0.25) is 4.79 Å². The van der Waals surface area contributed by atoms with Gasteiger partial charge in [0.15, 0.2) is 0 Å². The van der Waals surface area contributed by atoms with E-state index in [-0.39, 0.29) is 5.91 Å². The number of rotatable bonds is 5. The average molecular weight is 333 g/mol. The number of aryl methyl sites for hydroxylation is 1. The number of amides is 1. The largest absolute Gasteiger partial charge is 0.480 e. The lowest BCUT2D eigenvalue weighted by Crippen LogP contribution is -2.14. The molecule has 1 heterocycles. The first-order chi connectivity index (χ1) is 12.2. The molecule has 0 atom stereocenters. The third kappa shape index (κ3) is 4.20. The van der Waals surface area contributed by atoms with Crippen LogP contribution >= 0.6 is 0 Å². The standard InChI is InChI=1S/C20H19N3O2/c1-14-5-3-4-6-16(14)13-19(24)21-17-9-7-15(8-10-17)18-11-12-20(25-2)23-22-18/h3-12H,13H2,1-2H3,(H,21,24). The van der Waals surface area contributed by atoms with Gasteiger partial charge < -0.3 is 10.1 Å². The maximum atomic E-state index is 12.2. The van der Waals surface area contributed by atoms with Crippen LogP contribution in [0.25, 0.3) is 11.3 Å². The monoisotopic (exact) mass is 333 g/mol. The van der Waals surface area contributed by atoms with Gasteiger partial charge in [0.05, 0.1) is 19.2 Å². The number of carbonyl (C=O) groups is 1. The van der Waals surface area contributed by atoms with Gasteiger partial charge >= 0.3 is 0 Å². The quantitative estimate of drug-likeness (QED) is 0.774. The van der Waals surface area contributed by atoms with Crippen molar-refractivity contribution in [2.45, 2.75) is 13.3 Å². The molecule has 0 bridgehead atoms. The van der Waals surface area contributed by atoms with E-state index >= 15 is 0 Å². The summed E-state index contributed by atoms with van der Waals surface area (Å²) in [5.41, 5.74) is 4.57. The topological polar surface area (TPSA) is 64.1 Å². The fraction of sp³-hybridized carbons (Fsp3) is 0.150. The van der Waals surface area contributed by atoms with Crippen LogP contribution in [0, 0.1) is 6.92 Å². The highest BCUT2D eigenvalue weighted by molar-refractivity contribution is 5.92. The summed E-state index contributed by atoms with van der Waals surface area (Å²) in [7, 11) is 1.55. The van der Waals surface area contributed by atoms with Crippen molar-refractivity contribution >= 4 is 11.6 Å². The average Bonchev–Trinajstić information content (AvgIpc) is 2.64. The van der Waals surface area contributed by atoms with E-state index in [1.807, 2.05) is 61.5 Å². The lowest BCUT2D eigenvalue weighted by molar-refractivity contribution is -0.115. The van der Waals surface area contributed by atoms with Crippen molar-refractivity contribution in [1.82, 2.24) is 10.2 Å². The van der Waals surface area contributed by atoms with Crippen LogP contribution in [0.2, 0.25) is 0 Å². The minimum absolute atomic E-state index is 0.0358. The predicted octanol–water partition coefficient (Wildman–Crippen LogP) is 3.64. The number of hydrogen-bond acceptors (Lipinski definition) is 4. The third-order valence-electron chi connectivity index (χ3n) is 3.93. The van der Waals surface area contributed by atoms with E-state index in [9.17, 15) is 4.79 Å². The summed E-state index contributed by atoms with van der Waals surface area (Å²) in [6.07, 6.45) is 0.360. The van der Waals surface area contributed by atoms with E-state index in [1.165, 1.54) is 0 Å². The van der Waals surface area contributed by atoms with Crippen LogP contribution in [0.5, 0.6) is 5.88 Å². The maximum absolute atomic E-state index is 12.2. The number of hydrogen-bond donors (Lipinski definition) is 1. The van der Waals surface area contributed by atoms with Gasteiger partial charge in [0.2, 0.25) is 11.8 Å². The lowest BCUT2D eigenvalue weighted by atomic mass is 10.1. The molecule has 0 radical (unpaired) electrons. The summed E-state index contributed by atoms with van der Waals surface area (Å²) in [4.78, 5) is 12.2. The molecule has 3 aromatic rings. The van der Waals surface area contributed by atoms with Crippen molar-refractivity contribution in [3.8, 4) is 17.1 Å². The Labute approximate surface area is 146 Å². The minimum Gasteiger partial charge on any atom is -0.480 e. The highest BCUT2D eigenvalue weighted by atomic mass is 16.5. The highest BCUT2D eigenvalue weighted by Gasteiger charge is 2.07. The molecule has 0 unspecified atom stereocenters. The van der Waals surface area contributed by atoms with Gasteiger partial charge in [0.25, 0.3) is 0 Å². The molecular weight excluding hydrogens is 314 g/mol. The Morgan fingerprint density at radius 3 is 2.40 bits per heavy atom. The molecule has 126 valence electrons. The molecule has 0 fully saturated rings. The number of anilines is 1. The molecule has 5 heteroatoms. The summed E-state index contributed by atoms with van der Waals surface area (Å²) >= 11 is 0. The zero-order valence-electron chi connectivity index (χ0n) is 14.2. The Morgan fingerprint density at radius 1 is 1.00 bits per heavy atom. The Kier molecular flexibility index (Phi) is 5.04. The Hall–Kier alpha value is -3.21. The molecule has 0 aliphatic rings. The zero-order chi connectivity index (χ0) is 17.6. The first kappa shape index (κ1) is 16.6. The van der Waals surface area contributed by atoms with Gasteiger partial charge in [-0.1, -0.05) is 36.4 Å². The van der Waals surface area contributed by atoms with Crippen molar-refractivity contribution in [3.05, 3.63) is 71.8 Å². The number of methoxy groups -OCH3 is 1. The number of ether oxygens (including phenoxy) is 1. The number of benzene rings is 2. The third-order valence-corrected chi connectivity index (χ3v) is 3.93. The van der Waals surface area contributed by atoms with Crippen LogP contribution in [0.1, 0.15) is 11.1 Å². The van der Waals surface area contributed by atoms with Crippen LogP contribution in [0.15, 0.2) is 60.7 Å². The lowest BCUT2D eigenvalue weighted by Gasteiger charge is -2.08. The van der Waals surface area contributed by atoms with E-state index < -0.39 is 0 Å². The summed E-state index contributed by atoms with van der Waals surface area (Å²) in [5.74, 6) is 0.440. The van der Waals surface area contributed by atoms with Crippen LogP contribution in [0.3, 0.4) is 0 Å². The first-order valence-electron chi connectivity index (χ1n) is 7.98. The van der Waals surface area contributed by atoms with Crippen LogP contribution in [-0.2, 0) is 11.2 Å². The number of carbonyl (C=O) groups excluding carboxylic acids is 1. The second-order valence-electron chi connectivity index (χ2n) is 5.69. The number of nitrogens with zero attached hydrogens (tertiary/aromatic N) is 2. The Morgan fingerprint density at radius 2 is 1.76 bits per heavy atom. The SMILES string of the molecule is COc1ccc(-c2ccc(NC(=O)Cc3ccccc3C)cc2)nn1. The smallest absolute Gasteiger partial charge is 0.233 e. The molecule has 0 aliphatic carbocycles. The normalized spacial score (nSPS) is 10.3. The fourth-order valence-corrected chi connectivity index (χ4v) is 2.49. The molecule has 5 nitrogen and oxygen atoms in total. The second kappa shape index (κ2) is 7.57. The minimum atomic E-state index is -0.0358. The molecular formula is C20H19N3O2.